The lowest BCUT2D eigenvalue weighted by Crippen LogP contribution is -2.05. The van der Waals surface area contributed by atoms with Crippen molar-refractivity contribution in [1.82, 2.24) is 9.97 Å². The fourth-order valence-electron chi connectivity index (χ4n) is 0.977. The Bertz CT molecular complexity index is 336. The van der Waals surface area contributed by atoms with Gasteiger partial charge in [0.2, 0.25) is 5.88 Å². The molecule has 76 valence electrons. The van der Waals surface area contributed by atoms with Gasteiger partial charge < -0.3 is 10.1 Å². The summed E-state index contributed by atoms with van der Waals surface area (Å²) in [5.41, 5.74) is 1.06. The average Bonchev–Trinajstić information content (AvgIpc) is 2.14. The van der Waals surface area contributed by atoms with Crippen molar-refractivity contribution in [2.24, 2.45) is 0 Å². The molecule has 0 amide bonds. The number of aromatic nitrogens is 2. The molecule has 1 heterocycles. The zero-order valence-electron chi connectivity index (χ0n) is 8.79. The number of nitrogens with zero attached hydrogens (tertiary/aromatic N) is 2. The highest BCUT2D eigenvalue weighted by Crippen LogP contribution is 2.12. The van der Waals surface area contributed by atoms with Crippen LogP contribution in [0.2, 0.25) is 0 Å². The molecule has 0 radical (unpaired) electrons. The highest BCUT2D eigenvalue weighted by Gasteiger charge is 2.00. The predicted octanol–water partition coefficient (Wildman–Crippen LogP) is 1.78. The molecule has 0 fully saturated rings. The van der Waals surface area contributed by atoms with Crippen molar-refractivity contribution in [3.63, 3.8) is 0 Å². The van der Waals surface area contributed by atoms with E-state index in [1.54, 1.807) is 13.2 Å². The molecule has 0 saturated carbocycles. The molecule has 4 nitrogen and oxygen atoms in total. The molecule has 1 aromatic rings. The van der Waals surface area contributed by atoms with Crippen LogP contribution in [0.25, 0.3) is 0 Å². The van der Waals surface area contributed by atoms with Crippen molar-refractivity contribution in [3.8, 4) is 5.88 Å². The van der Waals surface area contributed by atoms with Crippen LogP contribution >= 0.6 is 0 Å². The molecule has 1 rings (SSSR count). The Hall–Kier alpha value is -1.58. The summed E-state index contributed by atoms with van der Waals surface area (Å²) in [6, 6.07) is 1.76. The van der Waals surface area contributed by atoms with E-state index < -0.39 is 0 Å². The Balaban J connectivity index is 2.76. The summed E-state index contributed by atoms with van der Waals surface area (Å²) in [4.78, 5) is 8.29. The number of hydrogen-bond acceptors (Lipinski definition) is 4. The largest absolute Gasteiger partial charge is 0.481 e. The predicted molar refractivity (Wildman–Crippen MR) is 56.6 cm³/mol. The first-order valence-electron chi connectivity index (χ1n) is 4.39. The molecule has 0 saturated heterocycles. The molecule has 0 aliphatic heterocycles. The number of methoxy groups -OCH3 is 1. The minimum atomic E-state index is 0.571. The van der Waals surface area contributed by atoms with E-state index in [1.165, 1.54) is 0 Å². The maximum atomic E-state index is 5.03. The van der Waals surface area contributed by atoms with E-state index in [1.807, 2.05) is 13.8 Å². The van der Waals surface area contributed by atoms with Crippen LogP contribution in [0.4, 0.5) is 5.82 Å². The van der Waals surface area contributed by atoms with Crippen LogP contribution < -0.4 is 10.1 Å². The van der Waals surface area contributed by atoms with Gasteiger partial charge in [0.1, 0.15) is 11.6 Å². The molecule has 0 aliphatic rings. The molecule has 4 heteroatoms. The van der Waals surface area contributed by atoms with Crippen molar-refractivity contribution in [1.29, 1.82) is 0 Å². The second kappa shape index (κ2) is 4.60. The molecule has 0 aromatic carbocycles. The van der Waals surface area contributed by atoms with Crippen LogP contribution in [0.5, 0.6) is 5.88 Å². The van der Waals surface area contributed by atoms with E-state index in [9.17, 15) is 0 Å². The lowest BCUT2D eigenvalue weighted by atomic mass is 10.3. The SMILES string of the molecule is C=C(C)CNc1cc(OC)nc(C)n1. The zero-order chi connectivity index (χ0) is 10.6. The maximum Gasteiger partial charge on any atom is 0.218 e. The van der Waals surface area contributed by atoms with Gasteiger partial charge in [0, 0.05) is 12.6 Å². The molecule has 1 N–H and O–H groups in total. The highest BCUT2D eigenvalue weighted by molar-refractivity contribution is 5.39. The van der Waals surface area contributed by atoms with E-state index in [0.717, 1.165) is 11.4 Å². The van der Waals surface area contributed by atoms with Crippen LogP contribution in [0.1, 0.15) is 12.7 Å². The number of anilines is 1. The number of ether oxygens (including phenoxy) is 1. The van der Waals surface area contributed by atoms with Crippen LogP contribution in [0.15, 0.2) is 18.2 Å². The molecule has 1 aromatic heterocycles. The van der Waals surface area contributed by atoms with Crippen molar-refractivity contribution >= 4 is 5.82 Å². The monoisotopic (exact) mass is 193 g/mol. The minimum Gasteiger partial charge on any atom is -0.481 e. The quantitative estimate of drug-likeness (QED) is 0.740. The number of hydrogen-bond donors (Lipinski definition) is 1. The van der Waals surface area contributed by atoms with E-state index in [4.69, 9.17) is 4.74 Å². The molecule has 14 heavy (non-hydrogen) atoms. The Morgan fingerprint density at radius 3 is 2.86 bits per heavy atom. The molecular formula is C10H15N3O. The third-order valence-electron chi connectivity index (χ3n) is 1.59. The highest BCUT2D eigenvalue weighted by atomic mass is 16.5. The van der Waals surface area contributed by atoms with Gasteiger partial charge >= 0.3 is 0 Å². The van der Waals surface area contributed by atoms with Crippen molar-refractivity contribution < 1.29 is 4.74 Å². The van der Waals surface area contributed by atoms with Gasteiger partial charge in [0.15, 0.2) is 0 Å². The van der Waals surface area contributed by atoms with Crippen molar-refractivity contribution in [3.05, 3.63) is 24.0 Å². The molecule has 0 atom stereocenters. The summed E-state index contributed by atoms with van der Waals surface area (Å²) >= 11 is 0. The van der Waals surface area contributed by atoms with Crippen LogP contribution in [-0.2, 0) is 0 Å². The smallest absolute Gasteiger partial charge is 0.218 e. The second-order valence-electron chi connectivity index (χ2n) is 3.15. The van der Waals surface area contributed by atoms with E-state index in [-0.39, 0.29) is 0 Å². The fraction of sp³-hybridized carbons (Fsp3) is 0.400. The van der Waals surface area contributed by atoms with Gasteiger partial charge in [0.25, 0.3) is 0 Å². The van der Waals surface area contributed by atoms with Gasteiger partial charge in [-0.05, 0) is 13.8 Å². The van der Waals surface area contributed by atoms with Crippen molar-refractivity contribution in [2.45, 2.75) is 13.8 Å². The van der Waals surface area contributed by atoms with Crippen molar-refractivity contribution in [2.75, 3.05) is 19.0 Å². The third kappa shape index (κ3) is 3.05. The molecular weight excluding hydrogens is 178 g/mol. The summed E-state index contributed by atoms with van der Waals surface area (Å²) in [6.07, 6.45) is 0. The van der Waals surface area contributed by atoms with Gasteiger partial charge in [0.05, 0.1) is 7.11 Å². The van der Waals surface area contributed by atoms with Gasteiger partial charge in [-0.2, -0.15) is 4.98 Å². The topological polar surface area (TPSA) is 47.0 Å². The molecule has 0 aliphatic carbocycles. The molecule has 0 unspecified atom stereocenters. The first-order chi connectivity index (χ1) is 6.61. The summed E-state index contributed by atoms with van der Waals surface area (Å²) in [7, 11) is 1.59. The molecule has 0 spiro atoms. The number of nitrogens with one attached hydrogen (secondary N) is 1. The Kier molecular flexibility index (Phi) is 3.45. The Morgan fingerprint density at radius 1 is 1.57 bits per heavy atom. The van der Waals surface area contributed by atoms with Gasteiger partial charge in [-0.15, -0.1) is 0 Å². The summed E-state index contributed by atoms with van der Waals surface area (Å²) in [5, 5.41) is 3.13. The Morgan fingerprint density at radius 2 is 2.29 bits per heavy atom. The van der Waals surface area contributed by atoms with Gasteiger partial charge in [-0.3, -0.25) is 0 Å². The minimum absolute atomic E-state index is 0.571. The van der Waals surface area contributed by atoms with Crippen LogP contribution in [0, 0.1) is 6.92 Å². The first-order valence-corrected chi connectivity index (χ1v) is 4.39. The number of rotatable bonds is 4. The maximum absolute atomic E-state index is 5.03. The van der Waals surface area contributed by atoms with E-state index in [2.05, 4.69) is 21.9 Å². The Labute approximate surface area is 84.0 Å². The fourth-order valence-corrected chi connectivity index (χ4v) is 0.977. The second-order valence-corrected chi connectivity index (χ2v) is 3.15. The zero-order valence-corrected chi connectivity index (χ0v) is 8.79. The average molecular weight is 193 g/mol. The summed E-state index contributed by atoms with van der Waals surface area (Å²) in [5.74, 6) is 2.02. The summed E-state index contributed by atoms with van der Waals surface area (Å²) < 4.78 is 5.03. The normalized spacial score (nSPS) is 9.64. The first kappa shape index (κ1) is 10.5. The van der Waals surface area contributed by atoms with Crippen LogP contribution in [-0.4, -0.2) is 23.6 Å². The summed E-state index contributed by atoms with van der Waals surface area (Å²) in [6.45, 7) is 8.29. The van der Waals surface area contributed by atoms with Gasteiger partial charge in [-0.25, -0.2) is 4.98 Å². The van der Waals surface area contributed by atoms with E-state index >= 15 is 0 Å². The molecule has 0 bridgehead atoms. The van der Waals surface area contributed by atoms with Crippen LogP contribution in [0.3, 0.4) is 0 Å². The lowest BCUT2D eigenvalue weighted by molar-refractivity contribution is 0.396. The standard InChI is InChI=1S/C10H15N3O/c1-7(2)6-11-9-5-10(14-4)13-8(3)12-9/h5H,1,6H2,2-4H3,(H,11,12,13). The van der Waals surface area contributed by atoms with Gasteiger partial charge in [-0.1, -0.05) is 12.2 Å². The number of aryl methyl sites for hydroxylation is 1. The third-order valence-corrected chi connectivity index (χ3v) is 1.59. The lowest BCUT2D eigenvalue weighted by Gasteiger charge is -2.07. The van der Waals surface area contributed by atoms with E-state index in [0.29, 0.717) is 18.2 Å².